The molecule has 0 bridgehead atoms. The summed E-state index contributed by atoms with van der Waals surface area (Å²) in [5, 5.41) is 7.20. The third kappa shape index (κ3) is 4.94. The van der Waals surface area contributed by atoms with Crippen LogP contribution in [0, 0.1) is 6.92 Å². The molecule has 3 aromatic rings. The minimum Gasteiger partial charge on any atom is -0.378 e. The van der Waals surface area contributed by atoms with Crippen LogP contribution in [-0.2, 0) is 16.0 Å². The Morgan fingerprint density at radius 1 is 1.09 bits per heavy atom. The fraction of sp³-hybridized carbons (Fsp3) is 0.240. The van der Waals surface area contributed by atoms with Crippen molar-refractivity contribution in [2.75, 3.05) is 41.9 Å². The molecule has 3 heterocycles. The van der Waals surface area contributed by atoms with Gasteiger partial charge < -0.3 is 15.0 Å². The highest BCUT2D eigenvalue weighted by Gasteiger charge is 2.29. The Balaban J connectivity index is 1.40. The van der Waals surface area contributed by atoms with E-state index in [9.17, 15) is 4.79 Å². The molecule has 1 aromatic heterocycles. The number of anilines is 3. The molecule has 0 unspecified atom stereocenters. The van der Waals surface area contributed by atoms with Crippen LogP contribution in [0.1, 0.15) is 16.7 Å². The summed E-state index contributed by atoms with van der Waals surface area (Å²) < 4.78 is 5.50. The molecule has 1 amide bonds. The number of nitrogens with zero attached hydrogens (tertiary/aromatic N) is 5. The summed E-state index contributed by atoms with van der Waals surface area (Å²) in [5.74, 6) is 1.33. The van der Waals surface area contributed by atoms with Gasteiger partial charge in [-0.2, -0.15) is 15.1 Å². The van der Waals surface area contributed by atoms with Gasteiger partial charge in [-0.3, -0.25) is 4.79 Å². The largest absolute Gasteiger partial charge is 0.378 e. The second-order valence-corrected chi connectivity index (χ2v) is 8.11. The van der Waals surface area contributed by atoms with Gasteiger partial charge in [0.25, 0.3) is 5.91 Å². The number of benzene rings is 2. The summed E-state index contributed by atoms with van der Waals surface area (Å²) in [6.07, 6.45) is 2.09. The Hall–Kier alpha value is -4.11. The lowest BCUT2D eigenvalue weighted by Crippen LogP contribution is -2.37. The summed E-state index contributed by atoms with van der Waals surface area (Å²) in [5.41, 5.74) is 7.02. The second kappa shape index (κ2) is 9.80. The van der Waals surface area contributed by atoms with E-state index in [0.717, 1.165) is 28.2 Å². The van der Waals surface area contributed by atoms with Crippen LogP contribution < -0.4 is 15.6 Å². The predicted molar refractivity (Wildman–Crippen MR) is 133 cm³/mol. The first-order chi connectivity index (χ1) is 16.7. The van der Waals surface area contributed by atoms with E-state index in [1.54, 1.807) is 6.21 Å². The number of aryl methyl sites for hydroxylation is 1. The van der Waals surface area contributed by atoms with Gasteiger partial charge in [0.15, 0.2) is 5.82 Å². The minimum atomic E-state index is -0.246. The van der Waals surface area contributed by atoms with E-state index in [2.05, 4.69) is 30.7 Å². The molecule has 9 nitrogen and oxygen atoms in total. The predicted octanol–water partition coefficient (Wildman–Crippen LogP) is 3.33. The maximum Gasteiger partial charge on any atom is 0.270 e. The molecule has 1 saturated heterocycles. The molecule has 2 aliphatic heterocycles. The zero-order chi connectivity index (χ0) is 23.3. The topological polar surface area (TPSA) is 104 Å². The van der Waals surface area contributed by atoms with Gasteiger partial charge in [-0.05, 0) is 24.6 Å². The van der Waals surface area contributed by atoms with E-state index in [1.165, 1.54) is 0 Å². The van der Waals surface area contributed by atoms with E-state index in [0.29, 0.717) is 50.2 Å². The molecule has 2 aliphatic rings. The number of amides is 1. The number of carbonyl (C=O) groups is 1. The second-order valence-electron chi connectivity index (χ2n) is 8.11. The van der Waals surface area contributed by atoms with Crippen molar-refractivity contribution >= 4 is 41.1 Å². The number of nitrogens with one attached hydrogen (secondary N) is 2. The van der Waals surface area contributed by atoms with Crippen molar-refractivity contribution in [1.29, 1.82) is 0 Å². The fourth-order valence-electron chi connectivity index (χ4n) is 3.90. The first kappa shape index (κ1) is 21.7. The molecule has 0 spiro atoms. The molecular weight excluding hydrogens is 430 g/mol. The number of rotatable bonds is 6. The van der Waals surface area contributed by atoms with Crippen LogP contribution in [0.15, 0.2) is 64.7 Å². The number of carbonyl (C=O) groups excluding carboxylic acids is 1. The van der Waals surface area contributed by atoms with E-state index in [4.69, 9.17) is 9.72 Å². The normalized spacial score (nSPS) is 15.2. The number of morpholine rings is 1. The van der Waals surface area contributed by atoms with Gasteiger partial charge >= 0.3 is 0 Å². The summed E-state index contributed by atoms with van der Waals surface area (Å²) in [6.45, 7) is 4.69. The summed E-state index contributed by atoms with van der Waals surface area (Å²) >= 11 is 0. The zero-order valence-electron chi connectivity index (χ0n) is 18.9. The Morgan fingerprint density at radius 2 is 1.91 bits per heavy atom. The van der Waals surface area contributed by atoms with Gasteiger partial charge in [-0.25, -0.2) is 10.4 Å². The van der Waals surface area contributed by atoms with Crippen LogP contribution in [0.3, 0.4) is 0 Å². The van der Waals surface area contributed by atoms with Crippen molar-refractivity contribution in [3.05, 3.63) is 71.3 Å². The van der Waals surface area contributed by atoms with Gasteiger partial charge in [0.1, 0.15) is 11.5 Å². The number of para-hydroxylation sites is 1. The number of fused-ring (bicyclic) bond motifs is 1. The lowest BCUT2D eigenvalue weighted by Gasteiger charge is -2.29. The van der Waals surface area contributed by atoms with Gasteiger partial charge in [-0.15, -0.1) is 0 Å². The summed E-state index contributed by atoms with van der Waals surface area (Å²) in [4.78, 5) is 28.8. The molecule has 0 aliphatic carbocycles. The molecule has 1 fully saturated rings. The van der Waals surface area contributed by atoms with Crippen LogP contribution in [0.5, 0.6) is 0 Å². The van der Waals surface area contributed by atoms with Gasteiger partial charge in [0.2, 0.25) is 5.95 Å². The van der Waals surface area contributed by atoms with E-state index in [1.807, 2.05) is 61.5 Å². The number of hydrogen-bond donors (Lipinski definition) is 2. The molecule has 0 atom stereocenters. The van der Waals surface area contributed by atoms with E-state index in [-0.39, 0.29) is 5.91 Å². The first-order valence-electron chi connectivity index (χ1n) is 11.2. The van der Waals surface area contributed by atoms with Crippen LogP contribution in [0.25, 0.3) is 0 Å². The standard InChI is InChI=1S/C25H25N7O2/c1-17-6-5-7-18(14-17)16-26-31-25-29-22-20(23(30-25)32-10-12-34-13-11-32)15-21(28-22)24(33)27-19-8-3-2-4-9-19/h2-9,14,16H,10-13,15H2,1H3,(H,27,33)(H,29,30,31)/b26-16+. The van der Waals surface area contributed by atoms with Gasteiger partial charge in [0.05, 0.1) is 19.4 Å². The molecule has 2 aromatic carbocycles. The monoisotopic (exact) mass is 455 g/mol. The lowest BCUT2D eigenvalue weighted by molar-refractivity contribution is -0.110. The number of hydrazone groups is 1. The number of ether oxygens (including phenoxy) is 1. The third-order valence-corrected chi connectivity index (χ3v) is 5.57. The van der Waals surface area contributed by atoms with Crippen molar-refractivity contribution < 1.29 is 9.53 Å². The molecule has 9 heteroatoms. The van der Waals surface area contributed by atoms with Crippen LogP contribution in [0.2, 0.25) is 0 Å². The van der Waals surface area contributed by atoms with Crippen molar-refractivity contribution in [2.24, 2.45) is 10.1 Å². The first-order valence-corrected chi connectivity index (χ1v) is 11.2. The summed E-state index contributed by atoms with van der Waals surface area (Å²) in [7, 11) is 0. The maximum absolute atomic E-state index is 12.8. The highest BCUT2D eigenvalue weighted by Crippen LogP contribution is 2.34. The molecule has 34 heavy (non-hydrogen) atoms. The van der Waals surface area contributed by atoms with E-state index >= 15 is 0 Å². The number of aliphatic imine (C=N–C) groups is 1. The van der Waals surface area contributed by atoms with Crippen molar-refractivity contribution in [1.82, 2.24) is 9.97 Å². The molecular formula is C25H25N7O2. The molecule has 2 N–H and O–H groups in total. The molecule has 5 rings (SSSR count). The fourth-order valence-corrected chi connectivity index (χ4v) is 3.90. The van der Waals surface area contributed by atoms with Crippen LogP contribution in [0.4, 0.5) is 23.3 Å². The Morgan fingerprint density at radius 3 is 2.71 bits per heavy atom. The third-order valence-electron chi connectivity index (χ3n) is 5.57. The Labute approximate surface area is 197 Å². The molecule has 0 radical (unpaired) electrons. The highest BCUT2D eigenvalue weighted by molar-refractivity contribution is 6.44. The van der Waals surface area contributed by atoms with Crippen LogP contribution >= 0.6 is 0 Å². The van der Waals surface area contributed by atoms with Gasteiger partial charge in [-0.1, -0.05) is 48.0 Å². The Bertz CT molecular complexity index is 1250. The SMILES string of the molecule is Cc1cccc(/C=N/Nc2nc3c(c(N4CCOCC4)n2)CC(C(=O)Nc2ccccc2)=N3)c1. The highest BCUT2D eigenvalue weighted by atomic mass is 16.5. The van der Waals surface area contributed by atoms with Gasteiger partial charge in [0, 0.05) is 30.8 Å². The maximum atomic E-state index is 12.8. The smallest absolute Gasteiger partial charge is 0.270 e. The Kier molecular flexibility index (Phi) is 6.26. The minimum absolute atomic E-state index is 0.246. The zero-order valence-corrected chi connectivity index (χ0v) is 18.9. The number of aromatic nitrogens is 2. The van der Waals surface area contributed by atoms with E-state index < -0.39 is 0 Å². The lowest BCUT2D eigenvalue weighted by atomic mass is 10.1. The van der Waals surface area contributed by atoms with Crippen LogP contribution in [-0.4, -0.2) is 54.1 Å². The number of hydrogen-bond acceptors (Lipinski definition) is 8. The quantitative estimate of drug-likeness (QED) is 0.436. The average molecular weight is 456 g/mol. The van der Waals surface area contributed by atoms with Crippen molar-refractivity contribution in [3.8, 4) is 0 Å². The molecule has 172 valence electrons. The molecule has 0 saturated carbocycles. The average Bonchev–Trinajstić information content (AvgIpc) is 3.29. The van der Waals surface area contributed by atoms with Crippen molar-refractivity contribution in [3.63, 3.8) is 0 Å². The van der Waals surface area contributed by atoms with Crippen molar-refractivity contribution in [2.45, 2.75) is 13.3 Å². The summed E-state index contributed by atoms with van der Waals surface area (Å²) in [6, 6.07) is 17.4.